The SMILES string of the molecule is COc1cccc(-c2nc(Cl)nc(-n3cncn3)n2)c1F. The number of rotatable bonds is 3. The molecule has 106 valence electrons. The molecule has 0 fully saturated rings. The van der Waals surface area contributed by atoms with E-state index < -0.39 is 5.82 Å². The van der Waals surface area contributed by atoms with E-state index in [0.29, 0.717) is 0 Å². The van der Waals surface area contributed by atoms with Gasteiger partial charge >= 0.3 is 0 Å². The molecule has 1 aromatic carbocycles. The van der Waals surface area contributed by atoms with Gasteiger partial charge in [0.25, 0.3) is 5.95 Å². The van der Waals surface area contributed by atoms with Crippen LogP contribution in [-0.2, 0) is 0 Å². The van der Waals surface area contributed by atoms with Gasteiger partial charge < -0.3 is 4.74 Å². The Balaban J connectivity index is 2.15. The summed E-state index contributed by atoms with van der Waals surface area (Å²) in [4.78, 5) is 15.8. The van der Waals surface area contributed by atoms with Gasteiger partial charge in [0, 0.05) is 0 Å². The largest absolute Gasteiger partial charge is 0.494 e. The van der Waals surface area contributed by atoms with Gasteiger partial charge in [-0.15, -0.1) is 0 Å². The fraction of sp³-hybridized carbons (Fsp3) is 0.0833. The highest BCUT2D eigenvalue weighted by Gasteiger charge is 2.15. The zero-order chi connectivity index (χ0) is 14.8. The molecule has 0 aliphatic heterocycles. The van der Waals surface area contributed by atoms with Crippen molar-refractivity contribution in [1.82, 2.24) is 29.7 Å². The molecule has 0 amide bonds. The summed E-state index contributed by atoms with van der Waals surface area (Å²) in [6.07, 6.45) is 2.72. The number of methoxy groups -OCH3 is 1. The van der Waals surface area contributed by atoms with Gasteiger partial charge in [0.15, 0.2) is 17.4 Å². The highest BCUT2D eigenvalue weighted by atomic mass is 35.5. The summed E-state index contributed by atoms with van der Waals surface area (Å²) in [6.45, 7) is 0. The zero-order valence-electron chi connectivity index (χ0n) is 10.7. The number of hydrogen-bond donors (Lipinski definition) is 0. The van der Waals surface area contributed by atoms with E-state index in [1.165, 1.54) is 36.6 Å². The lowest BCUT2D eigenvalue weighted by Gasteiger charge is -2.07. The monoisotopic (exact) mass is 306 g/mol. The van der Waals surface area contributed by atoms with Gasteiger partial charge in [-0.1, -0.05) is 6.07 Å². The Hall–Kier alpha value is -2.61. The van der Waals surface area contributed by atoms with Crippen molar-refractivity contribution in [1.29, 1.82) is 0 Å². The topological polar surface area (TPSA) is 78.6 Å². The second-order valence-corrected chi connectivity index (χ2v) is 4.23. The summed E-state index contributed by atoms with van der Waals surface area (Å²) in [5.41, 5.74) is 0.153. The minimum atomic E-state index is -0.577. The molecular formula is C12H8ClFN6O. The Morgan fingerprint density at radius 2 is 2.10 bits per heavy atom. The van der Waals surface area contributed by atoms with Gasteiger partial charge in [-0.3, -0.25) is 0 Å². The molecule has 9 heteroatoms. The van der Waals surface area contributed by atoms with Crippen LogP contribution in [0, 0.1) is 5.82 Å². The van der Waals surface area contributed by atoms with Crippen LogP contribution in [0.1, 0.15) is 0 Å². The second-order valence-electron chi connectivity index (χ2n) is 3.89. The van der Waals surface area contributed by atoms with Gasteiger partial charge in [-0.05, 0) is 23.7 Å². The lowest BCUT2D eigenvalue weighted by atomic mass is 10.2. The summed E-state index contributed by atoms with van der Waals surface area (Å²) >= 11 is 5.87. The molecular weight excluding hydrogens is 299 g/mol. The van der Waals surface area contributed by atoms with Crippen LogP contribution in [-0.4, -0.2) is 36.8 Å². The van der Waals surface area contributed by atoms with Crippen molar-refractivity contribution in [2.45, 2.75) is 0 Å². The zero-order valence-corrected chi connectivity index (χ0v) is 11.5. The maximum Gasteiger partial charge on any atom is 0.256 e. The van der Waals surface area contributed by atoms with E-state index in [0.717, 1.165) is 0 Å². The number of nitrogens with zero attached hydrogens (tertiary/aromatic N) is 6. The van der Waals surface area contributed by atoms with Crippen LogP contribution in [0.25, 0.3) is 17.3 Å². The van der Waals surface area contributed by atoms with E-state index >= 15 is 0 Å². The maximum atomic E-state index is 14.3. The van der Waals surface area contributed by atoms with Crippen LogP contribution in [0.5, 0.6) is 5.75 Å². The molecule has 0 saturated carbocycles. The molecule has 3 aromatic rings. The predicted octanol–water partition coefficient (Wildman–Crippen LogP) is 1.92. The van der Waals surface area contributed by atoms with Crippen molar-refractivity contribution in [3.8, 4) is 23.1 Å². The van der Waals surface area contributed by atoms with Crippen molar-refractivity contribution in [2.75, 3.05) is 7.11 Å². The van der Waals surface area contributed by atoms with Crippen molar-refractivity contribution in [2.24, 2.45) is 0 Å². The Kier molecular flexibility index (Phi) is 3.44. The molecule has 21 heavy (non-hydrogen) atoms. The molecule has 0 aliphatic carbocycles. The van der Waals surface area contributed by atoms with Crippen LogP contribution in [0.3, 0.4) is 0 Å². The first-order valence-electron chi connectivity index (χ1n) is 5.78. The Labute approximate surface area is 123 Å². The smallest absolute Gasteiger partial charge is 0.256 e. The van der Waals surface area contributed by atoms with Crippen LogP contribution < -0.4 is 4.74 Å². The fourth-order valence-electron chi connectivity index (χ4n) is 1.72. The number of ether oxygens (including phenoxy) is 1. The van der Waals surface area contributed by atoms with Crippen molar-refractivity contribution in [3.63, 3.8) is 0 Å². The van der Waals surface area contributed by atoms with Crippen molar-refractivity contribution >= 4 is 11.6 Å². The average molecular weight is 307 g/mol. The third kappa shape index (κ3) is 2.52. The first kappa shape index (κ1) is 13.4. The summed E-state index contributed by atoms with van der Waals surface area (Å²) < 4.78 is 20.5. The molecule has 3 rings (SSSR count). The molecule has 0 atom stereocenters. The summed E-state index contributed by atoms with van der Waals surface area (Å²) in [7, 11) is 1.38. The highest BCUT2D eigenvalue weighted by molar-refractivity contribution is 6.28. The van der Waals surface area contributed by atoms with E-state index in [1.54, 1.807) is 6.07 Å². The number of aromatic nitrogens is 6. The van der Waals surface area contributed by atoms with Gasteiger partial charge in [0.05, 0.1) is 12.7 Å². The minimum absolute atomic E-state index is 0.0762. The number of benzene rings is 1. The quantitative estimate of drug-likeness (QED) is 0.735. The minimum Gasteiger partial charge on any atom is -0.494 e. The van der Waals surface area contributed by atoms with E-state index in [-0.39, 0.29) is 28.4 Å². The summed E-state index contributed by atoms with van der Waals surface area (Å²) in [5.74, 6) is -0.264. The van der Waals surface area contributed by atoms with E-state index in [9.17, 15) is 4.39 Å². The summed E-state index contributed by atoms with van der Waals surface area (Å²) in [6, 6.07) is 4.65. The lowest BCUT2D eigenvalue weighted by Crippen LogP contribution is -2.06. The Morgan fingerprint density at radius 3 is 2.81 bits per heavy atom. The first-order chi connectivity index (χ1) is 10.2. The molecule has 0 bridgehead atoms. The third-order valence-corrected chi connectivity index (χ3v) is 2.81. The van der Waals surface area contributed by atoms with Crippen LogP contribution in [0.15, 0.2) is 30.9 Å². The Bertz CT molecular complexity index is 779. The fourth-order valence-corrected chi connectivity index (χ4v) is 1.87. The number of halogens is 2. The average Bonchev–Trinajstić information content (AvgIpc) is 3.01. The molecule has 0 aliphatic rings. The molecule has 0 spiro atoms. The lowest BCUT2D eigenvalue weighted by molar-refractivity contribution is 0.387. The maximum absolute atomic E-state index is 14.3. The standard InChI is InChI=1S/C12H8ClFN6O/c1-21-8-4-2-3-7(9(8)14)10-17-11(13)19-12(18-10)20-6-15-5-16-20/h2-6H,1H3. The van der Waals surface area contributed by atoms with Gasteiger partial charge in [0.2, 0.25) is 5.28 Å². The molecule has 0 N–H and O–H groups in total. The third-order valence-electron chi connectivity index (χ3n) is 2.64. The Morgan fingerprint density at radius 1 is 1.24 bits per heavy atom. The van der Waals surface area contributed by atoms with E-state index in [1.807, 2.05) is 0 Å². The second kappa shape index (κ2) is 5.41. The van der Waals surface area contributed by atoms with Crippen LogP contribution in [0.4, 0.5) is 4.39 Å². The molecule has 2 aromatic heterocycles. The van der Waals surface area contributed by atoms with Crippen molar-refractivity contribution in [3.05, 3.63) is 42.0 Å². The predicted molar refractivity (Wildman–Crippen MR) is 71.7 cm³/mol. The highest BCUT2D eigenvalue weighted by Crippen LogP contribution is 2.27. The van der Waals surface area contributed by atoms with Gasteiger partial charge in [-0.25, -0.2) is 9.37 Å². The van der Waals surface area contributed by atoms with Crippen molar-refractivity contribution < 1.29 is 9.13 Å². The molecule has 0 radical (unpaired) electrons. The van der Waals surface area contributed by atoms with Crippen LogP contribution >= 0.6 is 11.6 Å². The summed E-state index contributed by atoms with van der Waals surface area (Å²) in [5, 5.41) is 3.82. The van der Waals surface area contributed by atoms with Crippen LogP contribution in [0.2, 0.25) is 5.28 Å². The molecule has 2 heterocycles. The van der Waals surface area contributed by atoms with E-state index in [4.69, 9.17) is 16.3 Å². The molecule has 0 unspecified atom stereocenters. The van der Waals surface area contributed by atoms with E-state index in [2.05, 4.69) is 25.0 Å². The molecule has 7 nitrogen and oxygen atoms in total. The molecule has 0 saturated heterocycles. The first-order valence-corrected chi connectivity index (χ1v) is 6.16. The number of hydrogen-bond acceptors (Lipinski definition) is 6. The van der Waals surface area contributed by atoms with Gasteiger partial charge in [0.1, 0.15) is 12.7 Å². The normalized spacial score (nSPS) is 10.6. The van der Waals surface area contributed by atoms with Gasteiger partial charge in [-0.2, -0.15) is 24.7 Å².